The van der Waals surface area contributed by atoms with Crippen LogP contribution in [0.3, 0.4) is 0 Å². The van der Waals surface area contributed by atoms with Crippen LogP contribution in [0.15, 0.2) is 0 Å². The quantitative estimate of drug-likeness (QED) is 0.385. The molecule has 0 aliphatic rings. The Hall–Kier alpha value is -0.650. The lowest BCUT2D eigenvalue weighted by Gasteiger charge is -2.13. The molecule has 0 saturated heterocycles. The average Bonchev–Trinajstić information content (AvgIpc) is 2.21. The first kappa shape index (κ1) is 14.3. The van der Waals surface area contributed by atoms with E-state index in [0.717, 1.165) is 19.3 Å². The average molecular weight is 218 g/mol. The number of carboxylic acid groups (broad SMARTS) is 1. The molecule has 0 bridgehead atoms. The Kier molecular flexibility index (Phi) is 9.46. The Labute approximate surface area is 90.7 Å². The minimum Gasteiger partial charge on any atom is -0.480 e. The molecule has 5 heteroatoms. The first-order valence-corrected chi connectivity index (χ1v) is 5.49. The molecule has 0 spiro atoms. The molecule has 0 fully saturated rings. The summed E-state index contributed by atoms with van der Waals surface area (Å²) >= 11 is 0. The Morgan fingerprint density at radius 1 is 1.27 bits per heavy atom. The van der Waals surface area contributed by atoms with Gasteiger partial charge in [-0.1, -0.05) is 6.42 Å². The van der Waals surface area contributed by atoms with Crippen molar-refractivity contribution < 1.29 is 15.0 Å². The summed E-state index contributed by atoms with van der Waals surface area (Å²) in [4.78, 5) is 10.8. The number of nitrogens with one attached hydrogen (secondary N) is 1. The van der Waals surface area contributed by atoms with Crippen LogP contribution >= 0.6 is 0 Å². The number of aliphatic hydroxyl groups is 1. The van der Waals surface area contributed by atoms with Gasteiger partial charge in [-0.2, -0.15) is 0 Å². The van der Waals surface area contributed by atoms with Gasteiger partial charge in [-0.15, -0.1) is 0 Å². The van der Waals surface area contributed by atoms with E-state index in [4.69, 9.17) is 15.9 Å². The zero-order valence-electron chi connectivity index (χ0n) is 9.11. The van der Waals surface area contributed by atoms with E-state index in [-0.39, 0.29) is 6.61 Å². The van der Waals surface area contributed by atoms with Crippen LogP contribution in [-0.2, 0) is 4.79 Å². The molecule has 0 rings (SSSR count). The van der Waals surface area contributed by atoms with Crippen LogP contribution in [0.5, 0.6) is 0 Å². The number of aliphatic carboxylic acids is 1. The smallest absolute Gasteiger partial charge is 0.320 e. The largest absolute Gasteiger partial charge is 0.480 e. The molecule has 0 aromatic rings. The topological polar surface area (TPSA) is 95.6 Å². The zero-order valence-corrected chi connectivity index (χ0v) is 9.11. The molecule has 0 aromatic carbocycles. The summed E-state index contributed by atoms with van der Waals surface area (Å²) in [7, 11) is 0. The molecule has 5 nitrogen and oxygen atoms in total. The van der Waals surface area contributed by atoms with Crippen molar-refractivity contribution in [2.45, 2.75) is 38.1 Å². The molecule has 0 heterocycles. The van der Waals surface area contributed by atoms with E-state index >= 15 is 0 Å². The van der Waals surface area contributed by atoms with Gasteiger partial charge in [0.05, 0.1) is 0 Å². The zero-order chi connectivity index (χ0) is 11.5. The maximum absolute atomic E-state index is 10.8. The molecule has 5 N–H and O–H groups in total. The van der Waals surface area contributed by atoms with Crippen LogP contribution < -0.4 is 11.1 Å². The normalized spacial score (nSPS) is 12.7. The number of hydrogen-bond donors (Lipinski definition) is 4. The summed E-state index contributed by atoms with van der Waals surface area (Å²) in [6.45, 7) is 1.41. The Morgan fingerprint density at radius 3 is 2.53 bits per heavy atom. The van der Waals surface area contributed by atoms with E-state index in [0.29, 0.717) is 25.9 Å². The van der Waals surface area contributed by atoms with Gasteiger partial charge < -0.3 is 21.3 Å². The van der Waals surface area contributed by atoms with E-state index in [2.05, 4.69) is 5.32 Å². The lowest BCUT2D eigenvalue weighted by atomic mass is 10.1. The lowest BCUT2D eigenvalue weighted by Crippen LogP contribution is -2.37. The van der Waals surface area contributed by atoms with Crippen molar-refractivity contribution in [3.05, 3.63) is 0 Å². The van der Waals surface area contributed by atoms with Crippen molar-refractivity contribution in [2.24, 2.45) is 5.73 Å². The summed E-state index contributed by atoms with van der Waals surface area (Å²) in [5, 5.41) is 20.4. The first-order valence-electron chi connectivity index (χ1n) is 5.49. The number of carboxylic acids is 1. The molecule has 90 valence electrons. The summed E-state index contributed by atoms with van der Waals surface area (Å²) in [6, 6.07) is -0.477. The minimum atomic E-state index is -0.809. The molecule has 1 atom stereocenters. The SMILES string of the molecule is NCCCC[C@H](NCCCCO)C(=O)O. The fourth-order valence-corrected chi connectivity index (χ4v) is 1.32. The molecular formula is C10H22N2O3. The third kappa shape index (κ3) is 8.35. The second-order valence-electron chi connectivity index (χ2n) is 3.56. The predicted octanol–water partition coefficient (Wildman–Crippen LogP) is -0.0693. The third-order valence-electron chi connectivity index (χ3n) is 2.22. The molecule has 0 aliphatic carbocycles. The fraction of sp³-hybridized carbons (Fsp3) is 0.900. The number of aliphatic hydroxyl groups excluding tert-OH is 1. The molecule has 0 amide bonds. The number of hydrogen-bond acceptors (Lipinski definition) is 4. The summed E-state index contributed by atoms with van der Waals surface area (Å²) in [5.41, 5.74) is 5.33. The van der Waals surface area contributed by atoms with E-state index in [1.807, 2.05) is 0 Å². The summed E-state index contributed by atoms with van der Waals surface area (Å²) in [6.07, 6.45) is 3.83. The number of unbranched alkanes of at least 4 members (excludes halogenated alkanes) is 2. The van der Waals surface area contributed by atoms with Crippen LogP contribution in [0.1, 0.15) is 32.1 Å². The summed E-state index contributed by atoms with van der Waals surface area (Å²) < 4.78 is 0. The van der Waals surface area contributed by atoms with Crippen molar-refractivity contribution in [3.8, 4) is 0 Å². The van der Waals surface area contributed by atoms with Crippen LogP contribution in [0.2, 0.25) is 0 Å². The predicted molar refractivity (Wildman–Crippen MR) is 58.7 cm³/mol. The first-order chi connectivity index (χ1) is 7.22. The van der Waals surface area contributed by atoms with Gasteiger partial charge in [0.2, 0.25) is 0 Å². The van der Waals surface area contributed by atoms with E-state index in [9.17, 15) is 4.79 Å². The fourth-order valence-electron chi connectivity index (χ4n) is 1.32. The molecule has 0 aromatic heterocycles. The van der Waals surface area contributed by atoms with Crippen molar-refractivity contribution in [1.82, 2.24) is 5.32 Å². The summed E-state index contributed by atoms with van der Waals surface area (Å²) in [5.74, 6) is -0.809. The second kappa shape index (κ2) is 9.89. The highest BCUT2D eigenvalue weighted by Gasteiger charge is 2.15. The second-order valence-corrected chi connectivity index (χ2v) is 3.56. The molecule has 0 radical (unpaired) electrons. The molecular weight excluding hydrogens is 196 g/mol. The van der Waals surface area contributed by atoms with E-state index in [1.54, 1.807) is 0 Å². The number of nitrogens with two attached hydrogens (primary N) is 1. The van der Waals surface area contributed by atoms with Crippen molar-refractivity contribution in [2.75, 3.05) is 19.7 Å². The maximum atomic E-state index is 10.8. The molecule has 0 aliphatic heterocycles. The van der Waals surface area contributed by atoms with Gasteiger partial charge in [-0.05, 0) is 38.8 Å². The van der Waals surface area contributed by atoms with Crippen LogP contribution in [0, 0.1) is 0 Å². The van der Waals surface area contributed by atoms with Gasteiger partial charge >= 0.3 is 5.97 Å². The van der Waals surface area contributed by atoms with Gasteiger partial charge in [0.15, 0.2) is 0 Å². The molecule has 0 saturated carbocycles. The van der Waals surface area contributed by atoms with Crippen molar-refractivity contribution in [3.63, 3.8) is 0 Å². The van der Waals surface area contributed by atoms with Crippen molar-refractivity contribution >= 4 is 5.97 Å². The highest BCUT2D eigenvalue weighted by molar-refractivity contribution is 5.73. The van der Waals surface area contributed by atoms with Gasteiger partial charge in [0, 0.05) is 6.61 Å². The molecule has 0 unspecified atom stereocenters. The lowest BCUT2D eigenvalue weighted by molar-refractivity contribution is -0.139. The van der Waals surface area contributed by atoms with Gasteiger partial charge in [-0.25, -0.2) is 0 Å². The number of carbonyl (C=O) groups is 1. The van der Waals surface area contributed by atoms with E-state index in [1.165, 1.54) is 0 Å². The van der Waals surface area contributed by atoms with Crippen LogP contribution in [-0.4, -0.2) is 41.9 Å². The Morgan fingerprint density at radius 2 is 2.00 bits per heavy atom. The standard InChI is InChI=1S/C10H22N2O3/c11-6-2-1-5-9(10(14)15)12-7-3-4-8-13/h9,12-13H,1-8,11H2,(H,14,15)/t9-/m0/s1. The van der Waals surface area contributed by atoms with Crippen LogP contribution in [0.25, 0.3) is 0 Å². The van der Waals surface area contributed by atoms with Gasteiger partial charge in [0.1, 0.15) is 6.04 Å². The highest BCUT2D eigenvalue weighted by atomic mass is 16.4. The Bertz CT molecular complexity index is 165. The maximum Gasteiger partial charge on any atom is 0.320 e. The van der Waals surface area contributed by atoms with Gasteiger partial charge in [0.25, 0.3) is 0 Å². The Balaban J connectivity index is 3.59. The van der Waals surface area contributed by atoms with Crippen LogP contribution in [0.4, 0.5) is 0 Å². The van der Waals surface area contributed by atoms with Crippen molar-refractivity contribution in [1.29, 1.82) is 0 Å². The molecule has 15 heavy (non-hydrogen) atoms. The minimum absolute atomic E-state index is 0.159. The highest BCUT2D eigenvalue weighted by Crippen LogP contribution is 2.01. The third-order valence-corrected chi connectivity index (χ3v) is 2.22. The number of rotatable bonds is 10. The van der Waals surface area contributed by atoms with Gasteiger partial charge in [-0.3, -0.25) is 4.79 Å². The van der Waals surface area contributed by atoms with E-state index < -0.39 is 12.0 Å². The monoisotopic (exact) mass is 218 g/mol.